The number of aliphatic hydroxyl groups is 1. The van der Waals surface area contributed by atoms with Crippen LogP contribution in [-0.2, 0) is 6.54 Å². The Morgan fingerprint density at radius 3 is 2.54 bits per heavy atom. The van der Waals surface area contributed by atoms with Crippen molar-refractivity contribution in [2.24, 2.45) is 4.99 Å². The molecule has 0 radical (unpaired) electrons. The maximum Gasteiger partial charge on any atom is 0.191 e. The minimum absolute atomic E-state index is 0. The molecule has 2 rings (SSSR count). The van der Waals surface area contributed by atoms with Gasteiger partial charge in [-0.15, -0.1) is 24.0 Å². The molecule has 0 spiro atoms. The highest BCUT2D eigenvalue weighted by molar-refractivity contribution is 14.0. The highest BCUT2D eigenvalue weighted by atomic mass is 127. The smallest absolute Gasteiger partial charge is 0.191 e. The molecule has 8 heteroatoms. The number of hydrogen-bond donors (Lipinski definition) is 3. The van der Waals surface area contributed by atoms with Crippen LogP contribution >= 0.6 is 47.2 Å². The van der Waals surface area contributed by atoms with Gasteiger partial charge in [0.05, 0.1) is 12.4 Å². The van der Waals surface area contributed by atoms with Crippen LogP contribution in [0.25, 0.3) is 0 Å². The Morgan fingerprint density at radius 1 is 1.25 bits per heavy atom. The van der Waals surface area contributed by atoms with Crippen molar-refractivity contribution in [2.75, 3.05) is 13.1 Å². The first-order valence-corrected chi connectivity index (χ1v) is 8.02. The molecule has 1 atom stereocenters. The van der Waals surface area contributed by atoms with Crippen molar-refractivity contribution in [3.8, 4) is 0 Å². The van der Waals surface area contributed by atoms with Crippen molar-refractivity contribution in [1.29, 1.82) is 0 Å². The normalized spacial score (nSPS) is 12.4. The lowest BCUT2D eigenvalue weighted by Crippen LogP contribution is -2.39. The van der Waals surface area contributed by atoms with Crippen LogP contribution in [0.3, 0.4) is 0 Å². The van der Waals surface area contributed by atoms with Gasteiger partial charge in [0, 0.05) is 23.1 Å². The first kappa shape index (κ1) is 21.1. The van der Waals surface area contributed by atoms with Crippen molar-refractivity contribution in [3.05, 3.63) is 58.0 Å². The third kappa shape index (κ3) is 6.88. The minimum atomic E-state index is -0.751. The van der Waals surface area contributed by atoms with E-state index in [0.717, 1.165) is 5.76 Å². The molecule has 1 aromatic carbocycles. The average molecular weight is 484 g/mol. The van der Waals surface area contributed by atoms with E-state index in [1.807, 2.05) is 19.1 Å². The molecule has 0 aliphatic rings. The largest absolute Gasteiger partial charge is 0.467 e. The highest BCUT2D eigenvalue weighted by Gasteiger charge is 2.10. The monoisotopic (exact) mass is 483 g/mol. The van der Waals surface area contributed by atoms with Crippen molar-refractivity contribution < 1.29 is 9.52 Å². The maximum absolute atomic E-state index is 10.3. The lowest BCUT2D eigenvalue weighted by molar-refractivity contribution is 0.181. The number of hydrogen-bond acceptors (Lipinski definition) is 3. The van der Waals surface area contributed by atoms with Gasteiger partial charge in [-0.25, -0.2) is 4.99 Å². The van der Waals surface area contributed by atoms with Gasteiger partial charge in [-0.3, -0.25) is 0 Å². The van der Waals surface area contributed by atoms with Gasteiger partial charge in [0.2, 0.25) is 0 Å². The number of benzene rings is 1. The van der Waals surface area contributed by atoms with Crippen molar-refractivity contribution >= 4 is 53.1 Å². The highest BCUT2D eigenvalue weighted by Crippen LogP contribution is 2.23. The van der Waals surface area contributed by atoms with E-state index in [1.54, 1.807) is 24.5 Å². The lowest BCUT2D eigenvalue weighted by Gasteiger charge is -2.16. The third-order valence-electron chi connectivity index (χ3n) is 3.05. The van der Waals surface area contributed by atoms with Gasteiger partial charge >= 0.3 is 0 Å². The fraction of sp³-hybridized carbons (Fsp3) is 0.312. The minimum Gasteiger partial charge on any atom is -0.467 e. The van der Waals surface area contributed by atoms with E-state index in [-0.39, 0.29) is 30.5 Å². The van der Waals surface area contributed by atoms with Crippen LogP contribution in [0.1, 0.15) is 24.4 Å². The molecule has 0 bridgehead atoms. The molecule has 5 nitrogen and oxygen atoms in total. The zero-order chi connectivity index (χ0) is 16.7. The Kier molecular flexibility index (Phi) is 9.50. The molecular formula is C16H20Cl2IN3O2. The molecule has 132 valence electrons. The molecule has 3 N–H and O–H groups in total. The number of halogens is 3. The zero-order valence-corrected chi connectivity index (χ0v) is 17.0. The van der Waals surface area contributed by atoms with Crippen molar-refractivity contribution in [2.45, 2.75) is 19.6 Å². The van der Waals surface area contributed by atoms with Gasteiger partial charge < -0.3 is 20.2 Å². The molecule has 0 aliphatic carbocycles. The Labute approximate surface area is 168 Å². The first-order valence-electron chi connectivity index (χ1n) is 7.27. The van der Waals surface area contributed by atoms with E-state index >= 15 is 0 Å². The molecule has 1 unspecified atom stereocenters. The molecule has 1 aromatic heterocycles. The van der Waals surface area contributed by atoms with Gasteiger partial charge in [0.1, 0.15) is 12.3 Å². The number of nitrogens with one attached hydrogen (secondary N) is 2. The number of aliphatic hydroxyl groups excluding tert-OH is 1. The summed E-state index contributed by atoms with van der Waals surface area (Å²) in [6.45, 7) is 3.38. The maximum atomic E-state index is 10.3. The molecule has 24 heavy (non-hydrogen) atoms. The summed E-state index contributed by atoms with van der Waals surface area (Å²) in [6, 6.07) is 8.68. The molecule has 0 aliphatic heterocycles. The summed E-state index contributed by atoms with van der Waals surface area (Å²) >= 11 is 11.9. The fourth-order valence-electron chi connectivity index (χ4n) is 1.98. The number of nitrogens with zero attached hydrogens (tertiary/aromatic N) is 1. The van der Waals surface area contributed by atoms with Crippen molar-refractivity contribution in [3.63, 3.8) is 0 Å². The van der Waals surface area contributed by atoms with E-state index in [2.05, 4.69) is 15.6 Å². The lowest BCUT2D eigenvalue weighted by atomic mass is 10.1. The van der Waals surface area contributed by atoms with E-state index in [1.165, 1.54) is 0 Å². The first-order chi connectivity index (χ1) is 11.1. The van der Waals surface area contributed by atoms with E-state index in [0.29, 0.717) is 34.7 Å². The third-order valence-corrected chi connectivity index (χ3v) is 3.49. The number of furan rings is 1. The van der Waals surface area contributed by atoms with Gasteiger partial charge in [0.15, 0.2) is 5.96 Å². The van der Waals surface area contributed by atoms with Gasteiger partial charge in [0.25, 0.3) is 0 Å². The molecule has 0 amide bonds. The summed E-state index contributed by atoms with van der Waals surface area (Å²) < 4.78 is 5.24. The topological polar surface area (TPSA) is 69.8 Å². The molecular weight excluding hydrogens is 464 g/mol. The number of aliphatic imine (C=N–C) groups is 1. The average Bonchev–Trinajstić information content (AvgIpc) is 3.02. The second-order valence-corrected chi connectivity index (χ2v) is 5.75. The van der Waals surface area contributed by atoms with Gasteiger partial charge in [-0.05, 0) is 42.8 Å². The summed E-state index contributed by atoms with van der Waals surface area (Å²) in [6.07, 6.45) is 0.858. The van der Waals surface area contributed by atoms with E-state index in [9.17, 15) is 5.11 Å². The molecule has 0 saturated heterocycles. The summed E-state index contributed by atoms with van der Waals surface area (Å²) in [5.74, 6) is 1.36. The second-order valence-electron chi connectivity index (χ2n) is 4.87. The van der Waals surface area contributed by atoms with E-state index < -0.39 is 6.10 Å². The number of guanidine groups is 1. The standard InChI is InChI=1S/C16H19Cl2N3O2.HI/c1-2-19-16(20-9-14-4-3-5-23-14)21-10-15(22)11-6-12(17)8-13(18)7-11;/h3-8,15,22H,2,9-10H2,1H3,(H2,19,20,21);1H. The van der Waals surface area contributed by atoms with Crippen LogP contribution in [0.5, 0.6) is 0 Å². The zero-order valence-electron chi connectivity index (χ0n) is 13.1. The predicted octanol–water partition coefficient (Wildman–Crippen LogP) is 3.99. The van der Waals surface area contributed by atoms with Gasteiger partial charge in [-0.1, -0.05) is 23.2 Å². The van der Waals surface area contributed by atoms with Crippen LogP contribution < -0.4 is 10.6 Å². The van der Waals surface area contributed by atoms with Crippen LogP contribution in [0.2, 0.25) is 10.0 Å². The van der Waals surface area contributed by atoms with Gasteiger partial charge in [-0.2, -0.15) is 0 Å². The Bertz CT molecular complexity index is 631. The summed E-state index contributed by atoms with van der Waals surface area (Å²) in [7, 11) is 0. The SMILES string of the molecule is CCNC(=NCc1ccco1)NCC(O)c1cc(Cl)cc(Cl)c1.I. The van der Waals surface area contributed by atoms with Crippen LogP contribution in [0.15, 0.2) is 46.0 Å². The van der Waals surface area contributed by atoms with Crippen LogP contribution in [-0.4, -0.2) is 24.2 Å². The Hall–Kier alpha value is -0.960. The molecule has 0 fully saturated rings. The summed E-state index contributed by atoms with van der Waals surface area (Å²) in [4.78, 5) is 4.39. The second kappa shape index (κ2) is 10.8. The van der Waals surface area contributed by atoms with E-state index in [4.69, 9.17) is 27.6 Å². The molecule has 1 heterocycles. The fourth-order valence-corrected chi connectivity index (χ4v) is 2.52. The molecule has 2 aromatic rings. The molecule has 0 saturated carbocycles. The number of rotatable bonds is 6. The van der Waals surface area contributed by atoms with Crippen molar-refractivity contribution in [1.82, 2.24) is 10.6 Å². The van der Waals surface area contributed by atoms with Crippen LogP contribution in [0, 0.1) is 0 Å². The van der Waals surface area contributed by atoms with Crippen LogP contribution in [0.4, 0.5) is 0 Å². The summed E-state index contributed by atoms with van der Waals surface area (Å²) in [5, 5.41) is 17.4. The Morgan fingerprint density at radius 2 is 1.96 bits per heavy atom. The quantitative estimate of drug-likeness (QED) is 0.330. The predicted molar refractivity (Wildman–Crippen MR) is 108 cm³/mol. The Balaban J connectivity index is 0.00000288. The summed E-state index contributed by atoms with van der Waals surface area (Å²) in [5.41, 5.74) is 0.650.